The van der Waals surface area contributed by atoms with Crippen LogP contribution in [0.1, 0.15) is 33.4 Å². The van der Waals surface area contributed by atoms with E-state index in [2.05, 4.69) is 31.0 Å². The first-order chi connectivity index (χ1) is 10.3. The molecule has 4 heteroatoms. The van der Waals surface area contributed by atoms with Gasteiger partial charge in [-0.05, 0) is 87.1 Å². The highest BCUT2D eigenvalue weighted by atomic mass is 16.3. The van der Waals surface area contributed by atoms with Crippen LogP contribution in [0.3, 0.4) is 0 Å². The van der Waals surface area contributed by atoms with E-state index in [4.69, 9.17) is 0 Å². The number of hydrogen-bond acceptors (Lipinski definition) is 3. The summed E-state index contributed by atoms with van der Waals surface area (Å²) in [5.41, 5.74) is 8.92. The Balaban J connectivity index is 2.33. The summed E-state index contributed by atoms with van der Waals surface area (Å²) in [5.74, 6) is 0.259. The number of aromatic hydroxyl groups is 1. The highest BCUT2D eigenvalue weighted by Crippen LogP contribution is 2.34. The van der Waals surface area contributed by atoms with Gasteiger partial charge in [0.15, 0.2) is 0 Å². The fourth-order valence-corrected chi connectivity index (χ4v) is 2.79. The maximum absolute atomic E-state index is 10.6. The standard InChI is InChI=1S/C18H21N3O/c1-9-7-15-16(8-10(9)2)20-21(19-15)17-13(5)11(3)12(4)14(6)18(17)22/h7-8,22H,1-6H3. The normalized spacial score (nSPS) is 11.4. The molecule has 1 heterocycles. The van der Waals surface area contributed by atoms with E-state index >= 15 is 0 Å². The first-order valence-corrected chi connectivity index (χ1v) is 7.45. The van der Waals surface area contributed by atoms with E-state index in [0.717, 1.165) is 27.7 Å². The number of benzene rings is 2. The van der Waals surface area contributed by atoms with Crippen molar-refractivity contribution < 1.29 is 5.11 Å². The van der Waals surface area contributed by atoms with Gasteiger partial charge in [0.1, 0.15) is 22.5 Å². The molecule has 0 aliphatic heterocycles. The number of aryl methyl sites for hydroxylation is 2. The fourth-order valence-electron chi connectivity index (χ4n) is 2.79. The summed E-state index contributed by atoms with van der Waals surface area (Å²) >= 11 is 0. The first kappa shape index (κ1) is 14.6. The Morgan fingerprint density at radius 1 is 0.727 bits per heavy atom. The molecule has 0 atom stereocenters. The maximum Gasteiger partial charge on any atom is 0.146 e. The van der Waals surface area contributed by atoms with Gasteiger partial charge in [-0.2, -0.15) is 0 Å². The van der Waals surface area contributed by atoms with Crippen LogP contribution in [0.4, 0.5) is 0 Å². The number of phenols is 1. The zero-order valence-electron chi connectivity index (χ0n) is 13.9. The number of hydrogen-bond donors (Lipinski definition) is 1. The molecule has 3 rings (SSSR count). The lowest BCUT2D eigenvalue weighted by Gasteiger charge is -2.15. The van der Waals surface area contributed by atoms with Crippen molar-refractivity contribution in [2.45, 2.75) is 41.5 Å². The Bertz CT molecular complexity index is 839. The molecule has 1 N–H and O–H groups in total. The summed E-state index contributed by atoms with van der Waals surface area (Å²) in [4.78, 5) is 1.56. The maximum atomic E-state index is 10.6. The monoisotopic (exact) mass is 295 g/mol. The molecule has 4 nitrogen and oxygen atoms in total. The lowest BCUT2D eigenvalue weighted by Crippen LogP contribution is -2.06. The molecule has 0 unspecified atom stereocenters. The van der Waals surface area contributed by atoms with Crippen LogP contribution in [-0.4, -0.2) is 20.1 Å². The molecule has 0 aliphatic carbocycles. The van der Waals surface area contributed by atoms with E-state index in [9.17, 15) is 5.11 Å². The SMILES string of the molecule is Cc1cc2nn(-c3c(C)c(C)c(C)c(C)c3O)nc2cc1C. The van der Waals surface area contributed by atoms with Gasteiger partial charge in [-0.1, -0.05) is 0 Å². The third kappa shape index (κ3) is 1.98. The van der Waals surface area contributed by atoms with Gasteiger partial charge in [-0.3, -0.25) is 0 Å². The number of rotatable bonds is 1. The van der Waals surface area contributed by atoms with Crippen LogP contribution in [0.2, 0.25) is 0 Å². The molecule has 0 radical (unpaired) electrons. The van der Waals surface area contributed by atoms with Crippen molar-refractivity contribution in [1.82, 2.24) is 15.0 Å². The number of phenolic OH excluding ortho intramolecular Hbond substituents is 1. The molecule has 0 amide bonds. The Kier molecular flexibility index (Phi) is 3.20. The van der Waals surface area contributed by atoms with Crippen LogP contribution in [-0.2, 0) is 0 Å². The van der Waals surface area contributed by atoms with Gasteiger partial charge < -0.3 is 5.11 Å². The van der Waals surface area contributed by atoms with Gasteiger partial charge in [0, 0.05) is 0 Å². The summed E-state index contributed by atoms with van der Waals surface area (Å²) in [6.45, 7) is 12.2. The quantitative estimate of drug-likeness (QED) is 0.739. The van der Waals surface area contributed by atoms with Crippen molar-refractivity contribution in [3.63, 3.8) is 0 Å². The van der Waals surface area contributed by atoms with Crippen LogP contribution in [0.5, 0.6) is 5.75 Å². The molecular weight excluding hydrogens is 274 g/mol. The molecule has 114 valence electrons. The van der Waals surface area contributed by atoms with Crippen molar-refractivity contribution in [3.8, 4) is 11.4 Å². The van der Waals surface area contributed by atoms with Crippen LogP contribution in [0.25, 0.3) is 16.7 Å². The first-order valence-electron chi connectivity index (χ1n) is 7.45. The topological polar surface area (TPSA) is 50.9 Å². The van der Waals surface area contributed by atoms with Crippen molar-refractivity contribution in [2.75, 3.05) is 0 Å². The molecular formula is C18H21N3O. The van der Waals surface area contributed by atoms with E-state index < -0.39 is 0 Å². The molecule has 0 saturated carbocycles. The Hall–Kier alpha value is -2.36. The highest BCUT2D eigenvalue weighted by Gasteiger charge is 2.18. The molecule has 1 aromatic heterocycles. The summed E-state index contributed by atoms with van der Waals surface area (Å²) in [5, 5.41) is 19.7. The van der Waals surface area contributed by atoms with Crippen LogP contribution in [0, 0.1) is 41.5 Å². The molecule has 0 fully saturated rings. The minimum atomic E-state index is 0.259. The Labute approximate surface area is 130 Å². The average molecular weight is 295 g/mol. The molecule has 3 aromatic rings. The lowest BCUT2D eigenvalue weighted by molar-refractivity contribution is 0.462. The van der Waals surface area contributed by atoms with Crippen LogP contribution < -0.4 is 0 Å². The van der Waals surface area contributed by atoms with Crippen molar-refractivity contribution in [2.24, 2.45) is 0 Å². The van der Waals surface area contributed by atoms with Gasteiger partial charge in [0.25, 0.3) is 0 Å². The fraction of sp³-hybridized carbons (Fsp3) is 0.333. The molecule has 0 bridgehead atoms. The minimum absolute atomic E-state index is 0.259. The summed E-state index contributed by atoms with van der Waals surface area (Å²) in [6, 6.07) is 4.07. The van der Waals surface area contributed by atoms with Crippen molar-refractivity contribution in [1.29, 1.82) is 0 Å². The van der Waals surface area contributed by atoms with E-state index in [1.54, 1.807) is 4.80 Å². The highest BCUT2D eigenvalue weighted by molar-refractivity contribution is 5.76. The Morgan fingerprint density at radius 2 is 1.18 bits per heavy atom. The summed E-state index contributed by atoms with van der Waals surface area (Å²) in [7, 11) is 0. The van der Waals surface area contributed by atoms with E-state index in [1.807, 2.05) is 32.9 Å². The second-order valence-corrected chi connectivity index (χ2v) is 6.11. The molecule has 22 heavy (non-hydrogen) atoms. The van der Waals surface area contributed by atoms with Gasteiger partial charge >= 0.3 is 0 Å². The third-order valence-electron chi connectivity index (χ3n) is 4.82. The van der Waals surface area contributed by atoms with Gasteiger partial charge in [-0.25, -0.2) is 0 Å². The van der Waals surface area contributed by atoms with Gasteiger partial charge in [-0.15, -0.1) is 15.0 Å². The zero-order valence-corrected chi connectivity index (χ0v) is 13.9. The minimum Gasteiger partial charge on any atom is -0.505 e. The number of aromatic nitrogens is 3. The van der Waals surface area contributed by atoms with Crippen molar-refractivity contribution >= 4 is 11.0 Å². The third-order valence-corrected chi connectivity index (χ3v) is 4.82. The second kappa shape index (κ2) is 4.83. The Morgan fingerprint density at radius 3 is 1.68 bits per heavy atom. The summed E-state index contributed by atoms with van der Waals surface area (Å²) in [6.07, 6.45) is 0. The molecule has 0 saturated heterocycles. The van der Waals surface area contributed by atoms with E-state index in [1.165, 1.54) is 16.7 Å². The van der Waals surface area contributed by atoms with E-state index in [0.29, 0.717) is 5.69 Å². The van der Waals surface area contributed by atoms with Crippen LogP contribution >= 0.6 is 0 Å². The average Bonchev–Trinajstić information content (AvgIpc) is 2.86. The van der Waals surface area contributed by atoms with Crippen molar-refractivity contribution in [3.05, 3.63) is 45.5 Å². The van der Waals surface area contributed by atoms with Crippen LogP contribution in [0.15, 0.2) is 12.1 Å². The second-order valence-electron chi connectivity index (χ2n) is 6.11. The van der Waals surface area contributed by atoms with Gasteiger partial charge in [0.2, 0.25) is 0 Å². The zero-order chi connectivity index (χ0) is 16.2. The number of nitrogens with zero attached hydrogens (tertiary/aromatic N) is 3. The lowest BCUT2D eigenvalue weighted by atomic mass is 9.97. The summed E-state index contributed by atoms with van der Waals surface area (Å²) < 4.78 is 0. The van der Waals surface area contributed by atoms with E-state index in [-0.39, 0.29) is 5.75 Å². The number of fused-ring (bicyclic) bond motifs is 1. The molecule has 0 aliphatic rings. The predicted molar refractivity (Wildman–Crippen MR) is 89.0 cm³/mol. The molecule has 2 aromatic carbocycles. The molecule has 0 spiro atoms. The largest absolute Gasteiger partial charge is 0.505 e. The predicted octanol–water partition coefficient (Wildman–Crippen LogP) is 3.98. The smallest absolute Gasteiger partial charge is 0.146 e. The van der Waals surface area contributed by atoms with Gasteiger partial charge in [0.05, 0.1) is 0 Å².